The topological polar surface area (TPSA) is 37.3 Å². The van der Waals surface area contributed by atoms with Crippen LogP contribution in [0.25, 0.3) is 0 Å². The Labute approximate surface area is 182 Å². The van der Waals surface area contributed by atoms with Crippen molar-refractivity contribution in [3.05, 3.63) is 81.7 Å². The first-order valence-electron chi connectivity index (χ1n) is 11.1. The Hall–Kier alpha value is -2.35. The molecule has 0 spiro atoms. The van der Waals surface area contributed by atoms with Gasteiger partial charge in [0.05, 0.1) is 5.57 Å². The van der Waals surface area contributed by atoms with Crippen LogP contribution in [-0.4, -0.2) is 10.9 Å². The Bertz CT molecular complexity index is 965. The third-order valence-corrected chi connectivity index (χ3v) is 6.86. The lowest BCUT2D eigenvalue weighted by Crippen LogP contribution is -2.34. The van der Waals surface area contributed by atoms with E-state index in [1.54, 1.807) is 6.08 Å². The molecule has 0 aliphatic heterocycles. The lowest BCUT2D eigenvalue weighted by molar-refractivity contribution is -0.114. The van der Waals surface area contributed by atoms with Gasteiger partial charge in [0.2, 0.25) is 0 Å². The van der Waals surface area contributed by atoms with E-state index in [-0.39, 0.29) is 22.4 Å². The molecule has 1 aromatic carbocycles. The molecule has 0 radical (unpaired) electrons. The van der Waals surface area contributed by atoms with Crippen molar-refractivity contribution in [1.82, 2.24) is 0 Å². The molecule has 1 N–H and O–H groups in total. The second-order valence-corrected chi connectivity index (χ2v) is 10.2. The van der Waals surface area contributed by atoms with Crippen LogP contribution in [0, 0.1) is 6.92 Å². The summed E-state index contributed by atoms with van der Waals surface area (Å²) in [7, 11) is 0. The van der Waals surface area contributed by atoms with Crippen molar-refractivity contribution >= 4 is 5.78 Å². The maximum Gasteiger partial charge on any atom is 0.166 e. The number of benzene rings is 1. The van der Waals surface area contributed by atoms with E-state index in [1.807, 2.05) is 13.0 Å². The highest BCUT2D eigenvalue weighted by Gasteiger charge is 2.37. The number of allylic oxidation sites excluding steroid dienone is 8. The van der Waals surface area contributed by atoms with Crippen molar-refractivity contribution in [3.8, 4) is 0 Å². The van der Waals surface area contributed by atoms with Crippen molar-refractivity contribution in [1.29, 1.82) is 0 Å². The number of rotatable bonds is 5. The first-order valence-corrected chi connectivity index (χ1v) is 11.1. The van der Waals surface area contributed by atoms with Gasteiger partial charge >= 0.3 is 0 Å². The fraction of sp³-hybridized carbons (Fsp3) is 0.464. The minimum Gasteiger partial charge on any atom is -0.512 e. The molecule has 0 heterocycles. The summed E-state index contributed by atoms with van der Waals surface area (Å²) in [6, 6.07) is 4.84. The van der Waals surface area contributed by atoms with Crippen LogP contribution in [0.5, 0.6) is 0 Å². The van der Waals surface area contributed by atoms with Gasteiger partial charge in [-0.1, -0.05) is 64.1 Å². The van der Waals surface area contributed by atoms with Gasteiger partial charge in [0.15, 0.2) is 5.78 Å². The number of hydrogen-bond acceptors (Lipinski definition) is 2. The lowest BCUT2D eigenvalue weighted by atomic mass is 9.62. The van der Waals surface area contributed by atoms with E-state index < -0.39 is 0 Å². The van der Waals surface area contributed by atoms with Gasteiger partial charge in [-0.05, 0) is 77.8 Å². The maximum absolute atomic E-state index is 11.9. The van der Waals surface area contributed by atoms with E-state index in [2.05, 4.69) is 65.0 Å². The highest BCUT2D eigenvalue weighted by molar-refractivity contribution is 6.00. The number of carbonyl (C=O) groups is 1. The standard InChI is InChI=1S/C28H36O2/c1-7-9-20(10-8-11-22-25(29)12-13-26(22)30)17-21-18-24-23(16-19(21)2)27(3,4)14-15-28(24,5)6/h7-11,16,18,29H,12-15,17H2,1-6H3/b9-7-,11-8+,20-10+. The van der Waals surface area contributed by atoms with Crippen LogP contribution in [0.15, 0.2) is 59.4 Å². The molecule has 2 aliphatic rings. The van der Waals surface area contributed by atoms with Crippen molar-refractivity contribution < 1.29 is 9.90 Å². The number of Topliss-reactive ketones (excluding diaryl/α,β-unsaturated/α-hetero) is 1. The smallest absolute Gasteiger partial charge is 0.166 e. The minimum absolute atomic E-state index is 0.0279. The molecule has 1 aromatic rings. The van der Waals surface area contributed by atoms with Gasteiger partial charge in [-0.2, -0.15) is 0 Å². The molecule has 2 heteroatoms. The Balaban J connectivity index is 1.93. The fourth-order valence-electron chi connectivity index (χ4n) is 4.68. The maximum atomic E-state index is 11.9. The van der Waals surface area contributed by atoms with Gasteiger partial charge in [0, 0.05) is 12.8 Å². The summed E-state index contributed by atoms with van der Waals surface area (Å²) in [5.41, 5.74) is 7.75. The number of hydrogen-bond donors (Lipinski definition) is 1. The number of aryl methyl sites for hydroxylation is 1. The highest BCUT2D eigenvalue weighted by Crippen LogP contribution is 2.46. The molecule has 0 amide bonds. The molecular weight excluding hydrogens is 368 g/mol. The van der Waals surface area contributed by atoms with E-state index in [0.29, 0.717) is 18.4 Å². The summed E-state index contributed by atoms with van der Waals surface area (Å²) < 4.78 is 0. The number of ketones is 1. The van der Waals surface area contributed by atoms with Gasteiger partial charge in [-0.3, -0.25) is 4.79 Å². The quantitative estimate of drug-likeness (QED) is 0.530. The molecule has 0 bridgehead atoms. The Morgan fingerprint density at radius 1 is 1.07 bits per heavy atom. The molecule has 0 saturated carbocycles. The number of carbonyl (C=O) groups excluding carboxylic acids is 1. The van der Waals surface area contributed by atoms with Gasteiger partial charge in [0.1, 0.15) is 5.76 Å². The van der Waals surface area contributed by atoms with Crippen LogP contribution in [0.3, 0.4) is 0 Å². The Morgan fingerprint density at radius 3 is 2.27 bits per heavy atom. The van der Waals surface area contributed by atoms with Crippen molar-refractivity contribution in [2.24, 2.45) is 0 Å². The van der Waals surface area contributed by atoms with Crippen LogP contribution < -0.4 is 0 Å². The summed E-state index contributed by atoms with van der Waals surface area (Å²) >= 11 is 0. The molecule has 0 unspecified atom stereocenters. The molecule has 0 atom stereocenters. The summed E-state index contributed by atoms with van der Waals surface area (Å²) in [5, 5.41) is 9.88. The average Bonchev–Trinajstić information content (AvgIpc) is 2.99. The van der Waals surface area contributed by atoms with E-state index >= 15 is 0 Å². The van der Waals surface area contributed by atoms with E-state index in [9.17, 15) is 9.90 Å². The summed E-state index contributed by atoms with van der Waals surface area (Å²) in [4.78, 5) is 11.9. The minimum atomic E-state index is 0.0279. The summed E-state index contributed by atoms with van der Waals surface area (Å²) in [6.45, 7) is 13.7. The number of aliphatic hydroxyl groups excluding tert-OH is 1. The monoisotopic (exact) mass is 404 g/mol. The Morgan fingerprint density at radius 2 is 1.70 bits per heavy atom. The molecule has 0 saturated heterocycles. The number of fused-ring (bicyclic) bond motifs is 1. The lowest BCUT2D eigenvalue weighted by Gasteiger charge is -2.42. The molecule has 2 aliphatic carbocycles. The second kappa shape index (κ2) is 8.41. The highest BCUT2D eigenvalue weighted by atomic mass is 16.3. The zero-order chi connectivity index (χ0) is 22.1. The van der Waals surface area contributed by atoms with Crippen LogP contribution in [0.4, 0.5) is 0 Å². The summed E-state index contributed by atoms with van der Waals surface area (Å²) in [6.07, 6.45) is 14.0. The SMILES string of the molecule is C\C=C/C(=C\C=C\C1=C(O)CCC1=O)Cc1cc2c(cc1C)C(C)(C)CCC2(C)C. The largest absolute Gasteiger partial charge is 0.512 e. The van der Waals surface area contributed by atoms with Crippen LogP contribution in [-0.2, 0) is 22.0 Å². The van der Waals surface area contributed by atoms with E-state index in [0.717, 1.165) is 6.42 Å². The van der Waals surface area contributed by atoms with Crippen molar-refractivity contribution in [2.45, 2.75) is 84.5 Å². The predicted octanol–water partition coefficient (Wildman–Crippen LogP) is 7.12. The second-order valence-electron chi connectivity index (χ2n) is 10.2. The van der Waals surface area contributed by atoms with Crippen molar-refractivity contribution in [3.63, 3.8) is 0 Å². The zero-order valence-electron chi connectivity index (χ0n) is 19.4. The molecule has 160 valence electrons. The van der Waals surface area contributed by atoms with Gasteiger partial charge in [-0.15, -0.1) is 0 Å². The first-order chi connectivity index (χ1) is 14.0. The molecule has 2 nitrogen and oxygen atoms in total. The molecule has 0 fully saturated rings. The number of aliphatic hydroxyl groups is 1. The van der Waals surface area contributed by atoms with Crippen LogP contribution in [0.1, 0.15) is 82.6 Å². The van der Waals surface area contributed by atoms with Crippen LogP contribution in [0.2, 0.25) is 0 Å². The van der Waals surface area contributed by atoms with Gasteiger partial charge < -0.3 is 5.11 Å². The van der Waals surface area contributed by atoms with Gasteiger partial charge in [0.25, 0.3) is 0 Å². The average molecular weight is 405 g/mol. The van der Waals surface area contributed by atoms with Gasteiger partial charge in [-0.25, -0.2) is 0 Å². The van der Waals surface area contributed by atoms with E-state index in [1.165, 1.54) is 40.7 Å². The zero-order valence-corrected chi connectivity index (χ0v) is 19.4. The fourth-order valence-corrected chi connectivity index (χ4v) is 4.68. The molecule has 0 aromatic heterocycles. The first kappa shape index (κ1) is 22.3. The third-order valence-electron chi connectivity index (χ3n) is 6.86. The molecule has 30 heavy (non-hydrogen) atoms. The normalized spacial score (nSPS) is 21.1. The predicted molar refractivity (Wildman–Crippen MR) is 126 cm³/mol. The molecular formula is C28H36O2. The molecule has 3 rings (SSSR count). The summed E-state index contributed by atoms with van der Waals surface area (Å²) in [5.74, 6) is 0.243. The van der Waals surface area contributed by atoms with Crippen molar-refractivity contribution in [2.75, 3.05) is 0 Å². The Kier molecular flexibility index (Phi) is 6.26. The van der Waals surface area contributed by atoms with E-state index in [4.69, 9.17) is 0 Å². The van der Waals surface area contributed by atoms with Crippen LogP contribution >= 0.6 is 0 Å². The third kappa shape index (κ3) is 4.53.